The van der Waals surface area contributed by atoms with Crippen molar-refractivity contribution in [3.8, 4) is 0 Å². The number of nitrogens with zero attached hydrogens (tertiary/aromatic N) is 1. The fourth-order valence-electron chi connectivity index (χ4n) is 3.08. The topological polar surface area (TPSA) is 45.3 Å². The van der Waals surface area contributed by atoms with E-state index in [1.165, 1.54) is 10.8 Å². The molecule has 3 rings (SSSR count). The van der Waals surface area contributed by atoms with E-state index < -0.39 is 5.60 Å². The van der Waals surface area contributed by atoms with Gasteiger partial charge < -0.3 is 9.72 Å². The normalized spacial score (nSPS) is 18.9. The minimum atomic E-state index is -0.457. The fourth-order valence-corrected chi connectivity index (χ4v) is 3.08. The number of hydrogen-bond acceptors (Lipinski definition) is 2. The summed E-state index contributed by atoms with van der Waals surface area (Å²) < 4.78 is 5.54. The zero-order valence-electron chi connectivity index (χ0n) is 13.8. The predicted molar refractivity (Wildman–Crippen MR) is 91.4 cm³/mol. The molecule has 4 nitrogen and oxygen atoms in total. The van der Waals surface area contributed by atoms with Crippen molar-refractivity contribution in [3.05, 3.63) is 30.0 Å². The lowest BCUT2D eigenvalue weighted by atomic mass is 9.95. The summed E-state index contributed by atoms with van der Waals surface area (Å²) in [6.45, 7) is 6.47. The second kappa shape index (κ2) is 5.38. The molecule has 1 atom stereocenters. The second-order valence-electron chi connectivity index (χ2n) is 7.15. The van der Waals surface area contributed by atoms with E-state index in [1.54, 1.807) is 0 Å². The maximum absolute atomic E-state index is 12.4. The van der Waals surface area contributed by atoms with Gasteiger partial charge in [-0.05, 0) is 51.1 Å². The van der Waals surface area contributed by atoms with Gasteiger partial charge in [-0.25, -0.2) is 4.79 Å². The van der Waals surface area contributed by atoms with Crippen LogP contribution in [0.25, 0.3) is 10.9 Å². The average Bonchev–Trinajstić information content (AvgIpc) is 3.01. The highest BCUT2D eigenvalue weighted by Crippen LogP contribution is 2.34. The molecule has 1 amide bonds. The monoisotopic (exact) mass is 298 g/mol. The van der Waals surface area contributed by atoms with Gasteiger partial charge in [0.05, 0.1) is 6.04 Å². The van der Waals surface area contributed by atoms with Gasteiger partial charge >= 0.3 is 6.09 Å². The number of ether oxygens (including phenoxy) is 1. The highest BCUT2D eigenvalue weighted by Gasteiger charge is 2.33. The maximum Gasteiger partial charge on any atom is 0.410 e. The van der Waals surface area contributed by atoms with Gasteiger partial charge in [-0.15, -0.1) is 0 Å². The number of carbonyl (C=O) groups is 1. The van der Waals surface area contributed by atoms with Crippen molar-refractivity contribution in [2.24, 2.45) is 0 Å². The molecule has 1 aliphatic heterocycles. The lowest BCUT2D eigenvalue weighted by molar-refractivity contribution is 0.0222. The van der Waals surface area contributed by atoms with Crippen LogP contribution in [-0.2, 0) is 4.74 Å². The quantitative estimate of drug-likeness (QED) is 0.822. The third-order valence-electron chi connectivity index (χ3n) is 4.04. The van der Waals surface area contributed by atoms with Gasteiger partial charge in [-0.2, -0.15) is 0 Å². The summed E-state index contributed by atoms with van der Waals surface area (Å²) in [7, 11) is 2.09. The van der Waals surface area contributed by atoms with Crippen molar-refractivity contribution in [1.82, 2.24) is 9.88 Å². The highest BCUT2D eigenvalue weighted by atomic mass is 16.6. The van der Waals surface area contributed by atoms with Crippen molar-refractivity contribution < 1.29 is 9.53 Å². The summed E-state index contributed by atoms with van der Waals surface area (Å²) in [6.07, 6.45) is 1.77. The summed E-state index contributed by atoms with van der Waals surface area (Å²) in [5, 5.41) is 1.20. The van der Waals surface area contributed by atoms with Crippen LogP contribution in [0.5, 0.6) is 0 Å². The smallest absolute Gasteiger partial charge is 0.410 e. The molecule has 1 unspecified atom stereocenters. The number of aromatic nitrogens is 1. The first-order chi connectivity index (χ1) is 10.3. The Bertz CT molecular complexity index is 702. The molecule has 0 radical (unpaired) electrons. The van der Waals surface area contributed by atoms with Gasteiger partial charge in [0.2, 0.25) is 0 Å². The van der Waals surface area contributed by atoms with Gasteiger partial charge in [0.1, 0.15) is 13.4 Å². The molecule has 1 fully saturated rings. The van der Waals surface area contributed by atoms with Crippen LogP contribution >= 0.6 is 0 Å². The van der Waals surface area contributed by atoms with E-state index in [1.807, 2.05) is 25.7 Å². The van der Waals surface area contributed by atoms with E-state index in [9.17, 15) is 4.79 Å². The fraction of sp³-hybridized carbons (Fsp3) is 0.471. The second-order valence-corrected chi connectivity index (χ2v) is 7.15. The molecule has 1 aromatic heterocycles. The van der Waals surface area contributed by atoms with Crippen LogP contribution in [0.4, 0.5) is 4.79 Å². The van der Waals surface area contributed by atoms with Crippen LogP contribution in [0.15, 0.2) is 24.3 Å². The van der Waals surface area contributed by atoms with Gasteiger partial charge in [0.25, 0.3) is 0 Å². The molecular weight excluding hydrogens is 275 g/mol. The van der Waals surface area contributed by atoms with Gasteiger partial charge in [-0.3, -0.25) is 4.90 Å². The summed E-state index contributed by atoms with van der Waals surface area (Å²) in [5.74, 6) is 0. The molecule has 2 heterocycles. The number of amides is 1. The van der Waals surface area contributed by atoms with Gasteiger partial charge in [0, 0.05) is 17.8 Å². The SMILES string of the molecule is Bc1ccc2[nH]c(C3CCCN3C(=O)OC(C)(C)C)cc2c1. The number of nitrogens with one attached hydrogen (secondary N) is 1. The first kappa shape index (κ1) is 15.0. The molecule has 0 saturated carbocycles. The molecule has 0 bridgehead atoms. The molecule has 5 heteroatoms. The van der Waals surface area contributed by atoms with E-state index in [2.05, 4.69) is 37.1 Å². The van der Waals surface area contributed by atoms with Crippen LogP contribution < -0.4 is 5.46 Å². The number of aromatic amines is 1. The van der Waals surface area contributed by atoms with E-state index in [0.29, 0.717) is 0 Å². The number of fused-ring (bicyclic) bond motifs is 1. The lowest BCUT2D eigenvalue weighted by Crippen LogP contribution is -2.36. The minimum absolute atomic E-state index is 0.0857. The van der Waals surface area contributed by atoms with Crippen molar-refractivity contribution in [2.45, 2.75) is 45.3 Å². The molecule has 1 aliphatic rings. The average molecular weight is 298 g/mol. The largest absolute Gasteiger partial charge is 0.444 e. The van der Waals surface area contributed by atoms with Crippen LogP contribution in [0, 0.1) is 0 Å². The van der Waals surface area contributed by atoms with Gasteiger partial charge in [0.15, 0.2) is 0 Å². The molecular formula is C17H23BN2O2. The summed E-state index contributed by atoms with van der Waals surface area (Å²) in [4.78, 5) is 17.7. The van der Waals surface area contributed by atoms with E-state index >= 15 is 0 Å². The first-order valence-electron chi connectivity index (χ1n) is 7.92. The molecule has 0 aliphatic carbocycles. The maximum atomic E-state index is 12.4. The Morgan fingerprint density at radius 2 is 2.14 bits per heavy atom. The Morgan fingerprint density at radius 3 is 2.86 bits per heavy atom. The molecule has 1 aromatic carbocycles. The highest BCUT2D eigenvalue weighted by molar-refractivity contribution is 6.33. The summed E-state index contributed by atoms with van der Waals surface area (Å²) in [6, 6.07) is 8.62. The standard InChI is InChI=1S/C17H23BN2O2/c1-17(2,3)22-16(21)20-8-4-5-15(20)14-10-11-9-12(18)6-7-13(11)19-14/h6-7,9-10,15,19H,4-5,8,18H2,1-3H3. The molecule has 0 spiro atoms. The molecule has 2 aromatic rings. The number of carbonyl (C=O) groups excluding carboxylic acids is 1. The Hall–Kier alpha value is -1.91. The van der Waals surface area contributed by atoms with Crippen molar-refractivity contribution in [2.75, 3.05) is 6.54 Å². The molecule has 1 saturated heterocycles. The van der Waals surface area contributed by atoms with Crippen molar-refractivity contribution in [3.63, 3.8) is 0 Å². The van der Waals surface area contributed by atoms with Crippen molar-refractivity contribution >= 4 is 30.3 Å². The van der Waals surface area contributed by atoms with E-state index in [4.69, 9.17) is 4.74 Å². The summed E-state index contributed by atoms with van der Waals surface area (Å²) >= 11 is 0. The van der Waals surface area contributed by atoms with E-state index in [0.717, 1.165) is 30.6 Å². The third-order valence-corrected chi connectivity index (χ3v) is 4.04. The third kappa shape index (κ3) is 2.98. The zero-order chi connectivity index (χ0) is 15.9. The van der Waals surface area contributed by atoms with Crippen LogP contribution in [-0.4, -0.2) is 36.0 Å². The lowest BCUT2D eigenvalue weighted by Gasteiger charge is -2.28. The van der Waals surface area contributed by atoms with Crippen molar-refractivity contribution in [1.29, 1.82) is 0 Å². The molecule has 116 valence electrons. The number of H-pyrrole nitrogens is 1. The predicted octanol–water partition coefficient (Wildman–Crippen LogP) is 2.50. The van der Waals surface area contributed by atoms with Crippen LogP contribution in [0.3, 0.4) is 0 Å². The number of likely N-dealkylation sites (tertiary alicyclic amines) is 1. The minimum Gasteiger partial charge on any atom is -0.444 e. The number of benzene rings is 1. The molecule has 1 N–H and O–H groups in total. The Labute approximate surface area is 132 Å². The van der Waals surface area contributed by atoms with Crippen LogP contribution in [0.1, 0.15) is 45.3 Å². The summed E-state index contributed by atoms with van der Waals surface area (Å²) in [5.41, 5.74) is 3.01. The Balaban J connectivity index is 1.86. The van der Waals surface area contributed by atoms with Gasteiger partial charge in [-0.1, -0.05) is 17.6 Å². The Kier molecular flexibility index (Phi) is 3.67. The Morgan fingerprint density at radius 1 is 1.36 bits per heavy atom. The first-order valence-corrected chi connectivity index (χ1v) is 7.92. The van der Waals surface area contributed by atoms with E-state index in [-0.39, 0.29) is 12.1 Å². The van der Waals surface area contributed by atoms with Crippen LogP contribution in [0.2, 0.25) is 0 Å². The molecule has 22 heavy (non-hydrogen) atoms. The number of rotatable bonds is 1. The number of hydrogen-bond donors (Lipinski definition) is 1. The zero-order valence-corrected chi connectivity index (χ0v) is 13.8.